The molecule has 0 saturated carbocycles. The first-order chi connectivity index (χ1) is 8.93. The van der Waals surface area contributed by atoms with Gasteiger partial charge in [0.15, 0.2) is 0 Å². The van der Waals surface area contributed by atoms with E-state index in [2.05, 4.69) is 0 Å². The highest BCUT2D eigenvalue weighted by molar-refractivity contribution is 5.84. The van der Waals surface area contributed by atoms with E-state index in [0.717, 1.165) is 0 Å². The summed E-state index contributed by atoms with van der Waals surface area (Å²) in [5.41, 5.74) is -0.859. The van der Waals surface area contributed by atoms with Crippen molar-refractivity contribution in [2.45, 2.75) is 31.5 Å². The third kappa shape index (κ3) is 3.00. The summed E-state index contributed by atoms with van der Waals surface area (Å²) in [5, 5.41) is 8.92. The van der Waals surface area contributed by atoms with Crippen LogP contribution in [0.5, 0.6) is 0 Å². The molecule has 0 aromatic carbocycles. The van der Waals surface area contributed by atoms with Crippen LogP contribution in [0.25, 0.3) is 0 Å². The monoisotopic (exact) mass is 299 g/mol. The van der Waals surface area contributed by atoms with Crippen LogP contribution in [-0.2, 0) is 4.79 Å². The van der Waals surface area contributed by atoms with E-state index in [1.165, 1.54) is 0 Å². The molecule has 1 heterocycles. The largest absolute Gasteiger partial charge is 0.463 e. The molecule has 0 atom stereocenters. The molecule has 0 radical (unpaired) electrons. The first-order valence-corrected chi connectivity index (χ1v) is 5.83. The van der Waals surface area contributed by atoms with Crippen molar-refractivity contribution in [2.75, 3.05) is 26.2 Å². The van der Waals surface area contributed by atoms with E-state index < -0.39 is 23.5 Å². The quantitative estimate of drug-likeness (QED) is 0.728. The van der Waals surface area contributed by atoms with Gasteiger partial charge in [-0.3, -0.25) is 9.69 Å². The molecule has 0 spiro atoms. The lowest BCUT2D eigenvalue weighted by atomic mass is 10.0. The van der Waals surface area contributed by atoms with Gasteiger partial charge in [-0.25, -0.2) is 0 Å². The summed E-state index contributed by atoms with van der Waals surface area (Å²) in [6.07, 6.45) is -5.90. The number of amides is 1. The maximum absolute atomic E-state index is 12.9. The van der Waals surface area contributed by atoms with E-state index in [0.29, 0.717) is 4.90 Å². The normalized spacial score (nSPS) is 18.8. The fourth-order valence-electron chi connectivity index (χ4n) is 1.86. The zero-order valence-corrected chi connectivity index (χ0v) is 11.0. The van der Waals surface area contributed by atoms with Crippen molar-refractivity contribution in [3.05, 3.63) is 0 Å². The summed E-state index contributed by atoms with van der Waals surface area (Å²) in [6, 6.07) is 2.00. The number of nitriles is 1. The van der Waals surface area contributed by atoms with Crippen LogP contribution in [0.15, 0.2) is 0 Å². The molecule has 0 bridgehead atoms. The smallest absolute Gasteiger partial charge is 0.335 e. The number of carbonyl (C=O) groups is 1. The molecule has 1 amide bonds. The average Bonchev–Trinajstić information content (AvgIpc) is 2.36. The Bertz CT molecular complexity index is 419. The molecular formula is C11H14F5N3O. The Balaban J connectivity index is 2.72. The molecule has 1 aliphatic rings. The van der Waals surface area contributed by atoms with E-state index >= 15 is 0 Å². The van der Waals surface area contributed by atoms with Gasteiger partial charge in [0, 0.05) is 26.2 Å². The van der Waals surface area contributed by atoms with Crippen molar-refractivity contribution in [1.82, 2.24) is 9.80 Å². The second kappa shape index (κ2) is 5.16. The summed E-state index contributed by atoms with van der Waals surface area (Å²) in [5.74, 6) is -7.61. The zero-order chi connectivity index (χ0) is 15.8. The SMILES string of the molecule is CC(C)(C#N)N1CCN(C(=O)C(F)(F)C(F)(F)F)CC1. The number of rotatable bonds is 2. The van der Waals surface area contributed by atoms with Gasteiger partial charge >= 0.3 is 18.0 Å². The molecule has 0 unspecified atom stereocenters. The first kappa shape index (κ1) is 16.6. The average molecular weight is 299 g/mol. The summed E-state index contributed by atoms with van der Waals surface area (Å²) < 4.78 is 62.2. The first-order valence-electron chi connectivity index (χ1n) is 5.83. The fourth-order valence-corrected chi connectivity index (χ4v) is 1.86. The Hall–Kier alpha value is -1.43. The van der Waals surface area contributed by atoms with Crippen LogP contribution < -0.4 is 0 Å². The van der Waals surface area contributed by atoms with Crippen molar-refractivity contribution < 1.29 is 26.7 Å². The van der Waals surface area contributed by atoms with Crippen molar-refractivity contribution >= 4 is 5.91 Å². The molecular weight excluding hydrogens is 285 g/mol. The van der Waals surface area contributed by atoms with Crippen LogP contribution in [-0.4, -0.2) is 59.5 Å². The number of alkyl halides is 5. The second-order valence-electron chi connectivity index (χ2n) is 5.02. The minimum absolute atomic E-state index is 0.0697. The highest BCUT2D eigenvalue weighted by Crippen LogP contribution is 2.37. The minimum atomic E-state index is -5.90. The molecule has 4 nitrogen and oxygen atoms in total. The van der Waals surface area contributed by atoms with E-state index in [1.807, 2.05) is 6.07 Å². The molecule has 1 saturated heterocycles. The number of hydrogen-bond donors (Lipinski definition) is 0. The van der Waals surface area contributed by atoms with E-state index in [1.54, 1.807) is 18.7 Å². The molecule has 1 rings (SSSR count). The maximum atomic E-state index is 12.9. The van der Waals surface area contributed by atoms with Gasteiger partial charge in [0.1, 0.15) is 5.54 Å². The number of halogens is 5. The molecule has 20 heavy (non-hydrogen) atoms. The summed E-state index contributed by atoms with van der Waals surface area (Å²) >= 11 is 0. The summed E-state index contributed by atoms with van der Waals surface area (Å²) in [7, 11) is 0. The molecule has 0 aliphatic carbocycles. The molecule has 0 aromatic rings. The Morgan fingerprint density at radius 3 is 1.85 bits per heavy atom. The molecule has 9 heteroatoms. The van der Waals surface area contributed by atoms with Gasteiger partial charge in [0.2, 0.25) is 0 Å². The topological polar surface area (TPSA) is 47.3 Å². The third-order valence-corrected chi connectivity index (χ3v) is 3.26. The standard InChI is InChI=1S/C11H14F5N3O/c1-9(2,7-17)19-5-3-18(4-6-19)8(20)10(12,13)11(14,15)16/h3-6H2,1-2H3. The molecule has 1 fully saturated rings. The number of nitrogens with zero attached hydrogens (tertiary/aromatic N) is 3. The van der Waals surface area contributed by atoms with Gasteiger partial charge in [-0.15, -0.1) is 0 Å². The van der Waals surface area contributed by atoms with Crippen molar-refractivity contribution in [2.24, 2.45) is 0 Å². The van der Waals surface area contributed by atoms with Crippen LogP contribution in [0.1, 0.15) is 13.8 Å². The van der Waals surface area contributed by atoms with Crippen molar-refractivity contribution in [3.8, 4) is 6.07 Å². The minimum Gasteiger partial charge on any atom is -0.335 e. The maximum Gasteiger partial charge on any atom is 0.463 e. The van der Waals surface area contributed by atoms with Crippen molar-refractivity contribution in [1.29, 1.82) is 5.26 Å². The lowest BCUT2D eigenvalue weighted by Gasteiger charge is -2.41. The van der Waals surface area contributed by atoms with E-state index in [9.17, 15) is 26.7 Å². The van der Waals surface area contributed by atoms with Crippen molar-refractivity contribution in [3.63, 3.8) is 0 Å². The van der Waals surface area contributed by atoms with Crippen LogP contribution in [0.4, 0.5) is 22.0 Å². The Kier molecular flexibility index (Phi) is 4.29. The molecule has 0 N–H and O–H groups in total. The Morgan fingerprint density at radius 1 is 1.05 bits per heavy atom. The summed E-state index contributed by atoms with van der Waals surface area (Å²) in [4.78, 5) is 13.4. The second-order valence-corrected chi connectivity index (χ2v) is 5.02. The van der Waals surface area contributed by atoms with Crippen LogP contribution >= 0.6 is 0 Å². The van der Waals surface area contributed by atoms with E-state index in [4.69, 9.17) is 5.26 Å². The van der Waals surface area contributed by atoms with Gasteiger partial charge in [-0.1, -0.05) is 0 Å². The lowest BCUT2D eigenvalue weighted by Crippen LogP contribution is -2.60. The fraction of sp³-hybridized carbons (Fsp3) is 0.818. The van der Waals surface area contributed by atoms with Gasteiger partial charge in [-0.05, 0) is 13.8 Å². The van der Waals surface area contributed by atoms with E-state index in [-0.39, 0.29) is 26.2 Å². The molecule has 0 aromatic heterocycles. The van der Waals surface area contributed by atoms with Gasteiger partial charge in [0.25, 0.3) is 0 Å². The Morgan fingerprint density at radius 2 is 1.50 bits per heavy atom. The molecule has 114 valence electrons. The highest BCUT2D eigenvalue weighted by atomic mass is 19.4. The van der Waals surface area contributed by atoms with Crippen LogP contribution in [0.2, 0.25) is 0 Å². The van der Waals surface area contributed by atoms with Crippen LogP contribution in [0.3, 0.4) is 0 Å². The third-order valence-electron chi connectivity index (χ3n) is 3.26. The zero-order valence-electron chi connectivity index (χ0n) is 11.0. The lowest BCUT2D eigenvalue weighted by molar-refractivity contribution is -0.275. The van der Waals surface area contributed by atoms with Gasteiger partial charge < -0.3 is 4.90 Å². The number of piperazine rings is 1. The van der Waals surface area contributed by atoms with Crippen LogP contribution in [0, 0.1) is 11.3 Å². The molecule has 1 aliphatic heterocycles. The number of hydrogen-bond acceptors (Lipinski definition) is 3. The summed E-state index contributed by atoms with van der Waals surface area (Å²) in [6.45, 7) is 2.81. The highest BCUT2D eigenvalue weighted by Gasteiger charge is 2.64. The predicted molar refractivity (Wildman–Crippen MR) is 58.8 cm³/mol. The number of carbonyl (C=O) groups excluding carboxylic acids is 1. The van der Waals surface area contributed by atoms with Gasteiger partial charge in [0.05, 0.1) is 6.07 Å². The Labute approximate surface area is 112 Å². The van der Waals surface area contributed by atoms with Gasteiger partial charge in [-0.2, -0.15) is 27.2 Å². The predicted octanol–water partition coefficient (Wildman–Crippen LogP) is 1.63.